The number of non-ortho nitro benzene ring substituents is 1. The molecule has 1 aliphatic rings. The van der Waals surface area contributed by atoms with E-state index in [2.05, 4.69) is 0 Å². The highest BCUT2D eigenvalue weighted by atomic mass is 16.6. The molecular weight excluding hydrogens is 570 g/mol. The molecule has 0 unspecified atom stereocenters. The molecule has 1 heterocycles. The second-order valence-corrected chi connectivity index (χ2v) is 9.01. The molecule has 0 spiro atoms. The van der Waals surface area contributed by atoms with E-state index in [0.29, 0.717) is 75.5 Å². The van der Waals surface area contributed by atoms with E-state index in [9.17, 15) is 14.9 Å². The Morgan fingerprint density at radius 3 is 1.35 bits per heavy atom. The van der Waals surface area contributed by atoms with Gasteiger partial charge in [-0.15, -0.1) is 0 Å². The molecule has 0 fully saturated rings. The number of methoxy groups -OCH3 is 2. The van der Waals surface area contributed by atoms with E-state index >= 15 is 0 Å². The summed E-state index contributed by atoms with van der Waals surface area (Å²) in [6.07, 6.45) is 0. The smallest absolute Gasteiger partial charge is 0.343 e. The fourth-order valence-corrected chi connectivity index (χ4v) is 3.85. The van der Waals surface area contributed by atoms with Crippen LogP contribution in [0.4, 0.5) is 5.69 Å². The van der Waals surface area contributed by atoms with Crippen LogP contribution in [0.5, 0.6) is 17.2 Å². The third-order valence-corrected chi connectivity index (χ3v) is 5.97. The molecule has 3 rings (SSSR count). The second-order valence-electron chi connectivity index (χ2n) is 9.01. The number of esters is 1. The molecule has 2 aromatic carbocycles. The summed E-state index contributed by atoms with van der Waals surface area (Å²) in [5.41, 5.74) is 0.544. The SMILES string of the molecule is COc1cc(OC)cc(C(=O)Oc2c3cc([N+](=O)[O-])cc2COCCOCCOCCOCCOCCOCCOC3)c1. The maximum absolute atomic E-state index is 13.3. The van der Waals surface area contributed by atoms with Crippen LogP contribution in [0.25, 0.3) is 0 Å². The molecular formula is C29H39NO13. The number of nitro groups is 1. The van der Waals surface area contributed by atoms with E-state index in [-0.39, 0.29) is 56.6 Å². The normalized spacial score (nSPS) is 17.3. The molecule has 14 nitrogen and oxygen atoms in total. The van der Waals surface area contributed by atoms with Gasteiger partial charge < -0.3 is 47.4 Å². The van der Waals surface area contributed by atoms with Crippen LogP contribution in [0.1, 0.15) is 21.5 Å². The Kier molecular flexibility index (Phi) is 15.7. The summed E-state index contributed by atoms with van der Waals surface area (Å²) in [5, 5.41) is 11.7. The van der Waals surface area contributed by atoms with Gasteiger partial charge in [0.2, 0.25) is 0 Å². The lowest BCUT2D eigenvalue weighted by molar-refractivity contribution is -0.385. The van der Waals surface area contributed by atoms with Crippen molar-refractivity contribution < 1.29 is 57.1 Å². The zero-order valence-electron chi connectivity index (χ0n) is 24.5. The number of hydrogen-bond donors (Lipinski definition) is 0. The van der Waals surface area contributed by atoms with Gasteiger partial charge in [0.25, 0.3) is 5.69 Å². The molecule has 2 bridgehead atoms. The third kappa shape index (κ3) is 12.4. The number of nitrogens with zero attached hydrogens (tertiary/aromatic N) is 1. The monoisotopic (exact) mass is 609 g/mol. The molecule has 2 aromatic rings. The van der Waals surface area contributed by atoms with Gasteiger partial charge >= 0.3 is 5.97 Å². The van der Waals surface area contributed by atoms with Crippen LogP contribution in [0.15, 0.2) is 30.3 Å². The lowest BCUT2D eigenvalue weighted by atomic mass is 10.1. The number of carbonyl (C=O) groups is 1. The first-order valence-electron chi connectivity index (χ1n) is 13.8. The van der Waals surface area contributed by atoms with Crippen molar-refractivity contribution >= 4 is 11.7 Å². The largest absolute Gasteiger partial charge is 0.497 e. The Morgan fingerprint density at radius 2 is 1.00 bits per heavy atom. The number of carbonyl (C=O) groups excluding carboxylic acids is 1. The standard InChI is InChI=1S/C29H39NO13/c1-34-26-17-22(18-27(19-26)35-2)29(31)43-28-23-15-25(30(32)33)16-24(28)21-42-14-12-40-10-8-38-6-4-36-3-5-37-7-9-39-11-13-41-20-23/h15-19H,3-14,20-21H2,1-2H3. The molecule has 43 heavy (non-hydrogen) atoms. The molecule has 0 aromatic heterocycles. The topological polar surface area (TPSA) is 153 Å². The van der Waals surface area contributed by atoms with Crippen molar-refractivity contribution in [2.45, 2.75) is 13.2 Å². The van der Waals surface area contributed by atoms with Gasteiger partial charge in [0, 0.05) is 29.3 Å². The first-order chi connectivity index (χ1) is 21.0. The number of rotatable bonds is 5. The van der Waals surface area contributed by atoms with Crippen LogP contribution in [-0.2, 0) is 46.4 Å². The minimum Gasteiger partial charge on any atom is -0.497 e. The van der Waals surface area contributed by atoms with Crippen LogP contribution < -0.4 is 14.2 Å². The Balaban J connectivity index is 1.79. The Morgan fingerprint density at radius 1 is 0.628 bits per heavy atom. The predicted molar refractivity (Wildman–Crippen MR) is 151 cm³/mol. The van der Waals surface area contributed by atoms with Gasteiger partial charge in [0.1, 0.15) is 17.2 Å². The molecule has 0 saturated carbocycles. The highest BCUT2D eigenvalue weighted by Gasteiger charge is 2.22. The van der Waals surface area contributed by atoms with Crippen molar-refractivity contribution in [2.75, 3.05) is 93.5 Å². The van der Waals surface area contributed by atoms with Crippen LogP contribution >= 0.6 is 0 Å². The predicted octanol–water partition coefficient (Wildman–Crippen LogP) is 2.96. The van der Waals surface area contributed by atoms with Crippen LogP contribution in [0, 0.1) is 10.1 Å². The van der Waals surface area contributed by atoms with E-state index in [1.54, 1.807) is 6.07 Å². The zero-order chi connectivity index (χ0) is 30.7. The van der Waals surface area contributed by atoms with Gasteiger partial charge in [-0.3, -0.25) is 10.1 Å². The van der Waals surface area contributed by atoms with Crippen molar-refractivity contribution in [3.8, 4) is 17.2 Å². The highest BCUT2D eigenvalue weighted by molar-refractivity contribution is 5.92. The molecule has 0 radical (unpaired) electrons. The number of nitro benzene ring substituents is 1. The molecule has 0 aliphatic carbocycles. The molecule has 0 saturated heterocycles. The molecule has 0 atom stereocenters. The average molecular weight is 610 g/mol. The third-order valence-electron chi connectivity index (χ3n) is 5.97. The molecule has 0 N–H and O–H groups in total. The van der Waals surface area contributed by atoms with E-state index in [1.807, 2.05) is 0 Å². The summed E-state index contributed by atoms with van der Waals surface area (Å²) in [4.78, 5) is 24.5. The molecule has 1 aliphatic heterocycles. The van der Waals surface area contributed by atoms with Crippen LogP contribution in [-0.4, -0.2) is 104 Å². The molecule has 14 heteroatoms. The minimum absolute atomic E-state index is 0.0843. The second kappa shape index (κ2) is 19.7. The van der Waals surface area contributed by atoms with Gasteiger partial charge in [0.15, 0.2) is 0 Å². The Labute approximate surface area is 250 Å². The zero-order valence-corrected chi connectivity index (χ0v) is 24.5. The Bertz CT molecular complexity index is 1080. The maximum Gasteiger partial charge on any atom is 0.343 e. The van der Waals surface area contributed by atoms with Crippen molar-refractivity contribution in [3.05, 3.63) is 57.1 Å². The fourth-order valence-electron chi connectivity index (χ4n) is 3.85. The number of benzene rings is 2. The summed E-state index contributed by atoms with van der Waals surface area (Å²) in [7, 11) is 2.93. The lowest BCUT2D eigenvalue weighted by Gasteiger charge is -2.16. The van der Waals surface area contributed by atoms with Gasteiger partial charge in [-0.05, 0) is 12.1 Å². The minimum atomic E-state index is -0.723. The summed E-state index contributed by atoms with van der Waals surface area (Å²) in [5.74, 6) is 0.156. The maximum atomic E-state index is 13.3. The quantitative estimate of drug-likeness (QED) is 0.212. The number of ether oxygens (including phenoxy) is 10. The highest BCUT2D eigenvalue weighted by Crippen LogP contribution is 2.32. The summed E-state index contributed by atoms with van der Waals surface area (Å²) < 4.78 is 55.2. The van der Waals surface area contributed by atoms with E-state index < -0.39 is 10.9 Å². The van der Waals surface area contributed by atoms with Gasteiger partial charge in [-0.25, -0.2) is 4.79 Å². The van der Waals surface area contributed by atoms with E-state index in [0.717, 1.165) is 0 Å². The van der Waals surface area contributed by atoms with Gasteiger partial charge in [-0.1, -0.05) is 0 Å². The lowest BCUT2D eigenvalue weighted by Crippen LogP contribution is -2.16. The first kappa shape index (κ1) is 34.1. The average Bonchev–Trinajstić information content (AvgIpc) is 3.01. The van der Waals surface area contributed by atoms with E-state index in [4.69, 9.17) is 47.4 Å². The molecule has 238 valence electrons. The van der Waals surface area contributed by atoms with Crippen LogP contribution in [0.3, 0.4) is 0 Å². The van der Waals surface area contributed by atoms with Gasteiger partial charge in [-0.2, -0.15) is 0 Å². The van der Waals surface area contributed by atoms with E-state index in [1.165, 1.54) is 38.5 Å². The van der Waals surface area contributed by atoms with Crippen molar-refractivity contribution in [2.24, 2.45) is 0 Å². The number of fused-ring (bicyclic) bond motifs is 2. The first-order valence-corrected chi connectivity index (χ1v) is 13.8. The Hall–Kier alpha value is -3.37. The van der Waals surface area contributed by atoms with Gasteiger partial charge in [0.05, 0.1) is 117 Å². The summed E-state index contributed by atoms with van der Waals surface area (Å²) >= 11 is 0. The molecule has 0 amide bonds. The summed E-state index contributed by atoms with van der Waals surface area (Å²) in [6.45, 7) is 4.00. The number of hydrogen-bond acceptors (Lipinski definition) is 13. The van der Waals surface area contributed by atoms with Crippen LogP contribution in [0.2, 0.25) is 0 Å². The van der Waals surface area contributed by atoms with Crippen molar-refractivity contribution in [3.63, 3.8) is 0 Å². The van der Waals surface area contributed by atoms with Crippen molar-refractivity contribution in [1.82, 2.24) is 0 Å². The summed E-state index contributed by atoms with van der Waals surface area (Å²) in [6, 6.07) is 7.23. The fraction of sp³-hybridized carbons (Fsp3) is 0.552. The van der Waals surface area contributed by atoms with Crippen molar-refractivity contribution in [1.29, 1.82) is 0 Å².